The molecule has 2 aromatic rings. The van der Waals surface area contributed by atoms with E-state index in [0.717, 1.165) is 22.6 Å². The van der Waals surface area contributed by atoms with Crippen LogP contribution < -0.4 is 5.32 Å². The number of rotatable bonds is 4. The molecular weight excluding hydrogens is 744 g/mol. The number of nitrogens with zero attached hydrogens (tertiary/aromatic N) is 3. The Balaban J connectivity index is 0.000000226. The topological polar surface area (TPSA) is 117 Å². The van der Waals surface area contributed by atoms with Gasteiger partial charge < -0.3 is 20.5 Å². The second-order valence-electron chi connectivity index (χ2n) is 10.9. The van der Waals surface area contributed by atoms with E-state index < -0.39 is 29.4 Å². The van der Waals surface area contributed by atoms with Gasteiger partial charge in [0.2, 0.25) is 5.91 Å². The van der Waals surface area contributed by atoms with Crippen molar-refractivity contribution in [1.82, 2.24) is 15.3 Å². The average Bonchev–Trinajstić information content (AvgIpc) is 3.67. The minimum Gasteiger partial charge on any atom is -0.372 e. The smallest absolute Gasteiger partial charge is 0.264 e. The van der Waals surface area contributed by atoms with Gasteiger partial charge in [0, 0.05) is 87.2 Å². The Kier molecular flexibility index (Phi) is 9.09. The van der Waals surface area contributed by atoms with Gasteiger partial charge >= 0.3 is 0 Å². The number of halogens is 2. The number of carbonyl (C=O) groups is 2. The predicted octanol–water partition coefficient (Wildman–Crippen LogP) is 3.13. The number of alkyl halides is 2. The number of hydrogen-bond acceptors (Lipinski definition) is 6. The largest absolute Gasteiger partial charge is 0.372 e. The third kappa shape index (κ3) is 5.33. The second-order valence-corrected chi connectivity index (χ2v) is 10.9. The fourth-order valence-corrected chi connectivity index (χ4v) is 6.47. The molecular formula is C29H32F2N4O4U. The molecule has 6 rings (SSSR count). The van der Waals surface area contributed by atoms with Crippen molar-refractivity contribution in [2.45, 2.75) is 43.2 Å². The molecule has 1 saturated carbocycles. The zero-order chi connectivity index (χ0) is 27.9. The first-order valence-electron chi connectivity index (χ1n) is 13.3. The number of benzene rings is 2. The van der Waals surface area contributed by atoms with Crippen molar-refractivity contribution in [2.75, 3.05) is 26.7 Å². The monoisotopic (exact) mass is 776 g/mol. The van der Waals surface area contributed by atoms with E-state index >= 15 is 0 Å². The van der Waals surface area contributed by atoms with Crippen LogP contribution in [0.3, 0.4) is 0 Å². The molecule has 4 atom stereocenters. The molecule has 2 aromatic carbocycles. The molecule has 4 aliphatic rings. The Bertz CT molecular complexity index is 1270. The summed E-state index contributed by atoms with van der Waals surface area (Å²) in [6, 6.07) is 15.9. The number of nitriles is 1. The van der Waals surface area contributed by atoms with E-state index in [1.165, 1.54) is 11.9 Å². The maximum absolute atomic E-state index is 14.1. The van der Waals surface area contributed by atoms with Crippen molar-refractivity contribution >= 4 is 11.8 Å². The first kappa shape index (κ1) is 30.6. The molecule has 210 valence electrons. The van der Waals surface area contributed by atoms with E-state index in [1.807, 2.05) is 30.3 Å². The van der Waals surface area contributed by atoms with E-state index in [4.69, 9.17) is 10.5 Å². The zero-order valence-corrected chi connectivity index (χ0v) is 26.4. The third-order valence-corrected chi connectivity index (χ3v) is 8.62. The molecule has 3 fully saturated rings. The molecule has 2 aliphatic heterocycles. The molecule has 2 unspecified atom stereocenters. The summed E-state index contributed by atoms with van der Waals surface area (Å²) in [6.45, 7) is 0.992. The van der Waals surface area contributed by atoms with Gasteiger partial charge in [-0.25, -0.2) is 8.78 Å². The van der Waals surface area contributed by atoms with Crippen LogP contribution in [0.1, 0.15) is 36.8 Å². The Morgan fingerprint density at radius 3 is 2.25 bits per heavy atom. The fraction of sp³-hybridized carbons (Fsp3) is 0.483. The molecule has 40 heavy (non-hydrogen) atoms. The number of hydroxylamine groups is 2. The second kappa shape index (κ2) is 11.9. The minimum atomic E-state index is -2.71. The first-order valence-corrected chi connectivity index (χ1v) is 13.3. The number of fused-ring (bicyclic) bond motifs is 4. The number of hydrogen-bond donors (Lipinski definition) is 3. The number of carbonyl (C=O) groups excluding carboxylic acids is 2. The summed E-state index contributed by atoms with van der Waals surface area (Å²) in [7, 11) is 1.42. The molecule has 11 heteroatoms. The fourth-order valence-electron chi connectivity index (χ4n) is 6.47. The van der Waals surface area contributed by atoms with Gasteiger partial charge in [-0.1, -0.05) is 48.5 Å². The van der Waals surface area contributed by atoms with Crippen LogP contribution >= 0.6 is 0 Å². The SMILES string of the molecule is CN(O)[C@H](C#N)C[C@@H]1CCNC1=O.O=C(N1CC2CCC(F)(F)C2C1)C1(O)c2ccccc2-c2ccccc21.[U]. The van der Waals surface area contributed by atoms with Crippen molar-refractivity contribution in [2.24, 2.45) is 17.8 Å². The van der Waals surface area contributed by atoms with Crippen LogP contribution in [0.2, 0.25) is 0 Å². The van der Waals surface area contributed by atoms with Crippen molar-refractivity contribution in [3.63, 3.8) is 0 Å². The quantitative estimate of drug-likeness (QED) is 0.412. The minimum absolute atomic E-state index is 0. The van der Waals surface area contributed by atoms with E-state index in [0.29, 0.717) is 37.1 Å². The van der Waals surface area contributed by atoms with Gasteiger partial charge in [0.05, 0.1) is 6.07 Å². The summed E-state index contributed by atoms with van der Waals surface area (Å²) in [6.07, 6.45) is 1.49. The molecule has 2 amide bonds. The normalized spacial score (nSPS) is 25.5. The molecule has 2 saturated heterocycles. The zero-order valence-electron chi connectivity index (χ0n) is 22.2. The summed E-state index contributed by atoms with van der Waals surface area (Å²) >= 11 is 0. The Morgan fingerprint density at radius 1 is 1.15 bits per heavy atom. The Morgan fingerprint density at radius 2 is 1.75 bits per heavy atom. The summed E-state index contributed by atoms with van der Waals surface area (Å²) < 4.78 is 28.2. The van der Waals surface area contributed by atoms with Crippen LogP contribution in [0.4, 0.5) is 8.78 Å². The summed E-state index contributed by atoms with van der Waals surface area (Å²) in [5, 5.41) is 32.8. The van der Waals surface area contributed by atoms with E-state index in [9.17, 15) is 23.5 Å². The van der Waals surface area contributed by atoms with Gasteiger partial charge in [-0.2, -0.15) is 10.3 Å². The standard InChI is InChI=1S/C21H19F2NO2.C8H13N3O2.U/c22-20(23)10-9-13-11-24(12-18(13)20)19(25)21(26)16-7-3-1-5-14(16)15-6-2-4-8-17(15)21;1-11(13)7(5-9)4-6-2-3-10-8(6)12;/h1-8,13,18,26H,9-12H2;6-7,13H,2-4H2,1H3,(H,10,12);/t;6-,7-;/m.0./s1. The van der Waals surface area contributed by atoms with Gasteiger partial charge in [0.1, 0.15) is 6.04 Å². The van der Waals surface area contributed by atoms with Gasteiger partial charge in [-0.3, -0.25) is 9.59 Å². The van der Waals surface area contributed by atoms with Gasteiger partial charge in [0.15, 0.2) is 5.60 Å². The summed E-state index contributed by atoms with van der Waals surface area (Å²) in [5.41, 5.74) is 0.915. The van der Waals surface area contributed by atoms with E-state index in [2.05, 4.69) is 5.32 Å². The number of aliphatic hydroxyl groups is 1. The molecule has 0 aromatic heterocycles. The van der Waals surface area contributed by atoms with Crippen LogP contribution in [0.5, 0.6) is 0 Å². The molecule has 3 N–H and O–H groups in total. The third-order valence-electron chi connectivity index (χ3n) is 8.62. The van der Waals surface area contributed by atoms with Crippen molar-refractivity contribution < 1.29 is 59.8 Å². The van der Waals surface area contributed by atoms with E-state index in [1.54, 1.807) is 24.3 Å². The average molecular weight is 777 g/mol. The molecule has 2 heterocycles. The molecule has 8 nitrogen and oxygen atoms in total. The van der Waals surface area contributed by atoms with Crippen molar-refractivity contribution in [3.8, 4) is 17.2 Å². The van der Waals surface area contributed by atoms with Crippen LogP contribution in [0.25, 0.3) is 11.1 Å². The van der Waals surface area contributed by atoms with E-state index in [-0.39, 0.29) is 61.8 Å². The predicted molar refractivity (Wildman–Crippen MR) is 137 cm³/mol. The van der Waals surface area contributed by atoms with Gasteiger partial charge in [-0.05, 0) is 36.3 Å². The molecule has 0 radical (unpaired) electrons. The Hall–Kier alpha value is -2.34. The maximum atomic E-state index is 14.1. The van der Waals surface area contributed by atoms with Crippen LogP contribution in [-0.2, 0) is 15.2 Å². The molecule has 0 spiro atoms. The molecule has 0 bridgehead atoms. The van der Waals surface area contributed by atoms with Gasteiger partial charge in [-0.15, -0.1) is 0 Å². The number of amides is 2. The summed E-state index contributed by atoms with van der Waals surface area (Å²) in [5.74, 6) is -4.30. The van der Waals surface area contributed by atoms with Crippen LogP contribution in [0, 0.1) is 60.2 Å². The van der Waals surface area contributed by atoms with Crippen molar-refractivity contribution in [3.05, 3.63) is 59.7 Å². The van der Waals surface area contributed by atoms with Crippen molar-refractivity contribution in [1.29, 1.82) is 5.26 Å². The molecule has 2 aliphatic carbocycles. The van der Waals surface area contributed by atoms with Crippen LogP contribution in [0.15, 0.2) is 48.5 Å². The Labute approximate surface area is 255 Å². The van der Waals surface area contributed by atoms with Crippen LogP contribution in [-0.4, -0.2) is 70.7 Å². The maximum Gasteiger partial charge on any atom is 0.264 e. The number of nitrogens with one attached hydrogen (secondary N) is 1. The van der Waals surface area contributed by atoms with Gasteiger partial charge in [0.25, 0.3) is 11.8 Å². The number of likely N-dealkylation sites (tertiary alicyclic amines) is 1. The first-order chi connectivity index (χ1) is 18.6. The summed E-state index contributed by atoms with van der Waals surface area (Å²) in [4.78, 5) is 25.9.